The first-order valence-corrected chi connectivity index (χ1v) is 11.5. The Morgan fingerprint density at radius 2 is 2.09 bits per heavy atom. The van der Waals surface area contributed by atoms with Crippen LogP contribution in [0.25, 0.3) is 0 Å². The zero-order valence-corrected chi connectivity index (χ0v) is 19.5. The minimum Gasteiger partial charge on any atom is -0.497 e. The molecule has 8 heteroatoms. The Bertz CT molecular complexity index is 846. The molecule has 32 heavy (non-hydrogen) atoms. The molecule has 0 unspecified atom stereocenters. The van der Waals surface area contributed by atoms with Crippen molar-refractivity contribution in [3.8, 4) is 11.5 Å². The standard InChI is InChI=1S/C24H36N4O4/c1-4-5-6-23-26-16-18(27-23)17-28-12-9-19(10-13-28)32-22-15-20(31-3)7-8-21(22)24(29)25-11-14-30-2/h7-8,15-16,19H,4-6,9-14,17H2,1-3H3,(H,25,29)(H,26,27). The number of H-pyrrole nitrogens is 1. The molecule has 0 saturated carbocycles. The van der Waals surface area contributed by atoms with Crippen molar-refractivity contribution in [2.24, 2.45) is 0 Å². The van der Waals surface area contributed by atoms with E-state index in [4.69, 9.17) is 14.2 Å². The summed E-state index contributed by atoms with van der Waals surface area (Å²) in [4.78, 5) is 23.0. The van der Waals surface area contributed by atoms with Crippen LogP contribution in [-0.2, 0) is 17.7 Å². The topological polar surface area (TPSA) is 88.7 Å². The predicted octanol–water partition coefficient (Wildman–Crippen LogP) is 3.18. The predicted molar refractivity (Wildman–Crippen MR) is 123 cm³/mol. The Labute approximate surface area is 190 Å². The Kier molecular flexibility index (Phi) is 9.37. The van der Waals surface area contributed by atoms with Crippen LogP contribution < -0.4 is 14.8 Å². The van der Waals surface area contributed by atoms with Crippen molar-refractivity contribution >= 4 is 5.91 Å². The summed E-state index contributed by atoms with van der Waals surface area (Å²) in [6.07, 6.45) is 7.16. The van der Waals surface area contributed by atoms with Gasteiger partial charge in [0, 0.05) is 57.7 Å². The van der Waals surface area contributed by atoms with Gasteiger partial charge in [-0.2, -0.15) is 0 Å². The molecule has 1 aliphatic heterocycles. The molecule has 0 radical (unpaired) electrons. The zero-order chi connectivity index (χ0) is 22.8. The van der Waals surface area contributed by atoms with Crippen molar-refractivity contribution in [3.05, 3.63) is 41.5 Å². The number of likely N-dealkylation sites (tertiary alicyclic amines) is 1. The number of nitrogens with one attached hydrogen (secondary N) is 2. The van der Waals surface area contributed by atoms with Gasteiger partial charge in [-0.25, -0.2) is 4.98 Å². The molecule has 1 aromatic carbocycles. The fourth-order valence-corrected chi connectivity index (χ4v) is 3.84. The van der Waals surface area contributed by atoms with E-state index >= 15 is 0 Å². The van der Waals surface area contributed by atoms with Gasteiger partial charge in [0.05, 0.1) is 19.3 Å². The number of aryl methyl sites for hydroxylation is 1. The summed E-state index contributed by atoms with van der Waals surface area (Å²) in [6, 6.07) is 5.32. The van der Waals surface area contributed by atoms with E-state index in [1.54, 1.807) is 32.4 Å². The summed E-state index contributed by atoms with van der Waals surface area (Å²) >= 11 is 0. The second-order valence-corrected chi connectivity index (χ2v) is 8.16. The second-order valence-electron chi connectivity index (χ2n) is 8.16. The molecule has 1 aromatic heterocycles. The van der Waals surface area contributed by atoms with Gasteiger partial charge in [-0.3, -0.25) is 9.69 Å². The quantitative estimate of drug-likeness (QED) is 0.489. The number of carbonyl (C=O) groups is 1. The fourth-order valence-electron chi connectivity index (χ4n) is 3.84. The van der Waals surface area contributed by atoms with Crippen LogP contribution in [0.2, 0.25) is 0 Å². The van der Waals surface area contributed by atoms with Crippen molar-refractivity contribution in [2.45, 2.75) is 51.7 Å². The van der Waals surface area contributed by atoms with Gasteiger partial charge in [-0.15, -0.1) is 0 Å². The summed E-state index contributed by atoms with van der Waals surface area (Å²) in [6.45, 7) is 5.86. The van der Waals surface area contributed by atoms with Crippen LogP contribution in [-0.4, -0.2) is 67.3 Å². The Morgan fingerprint density at radius 1 is 1.28 bits per heavy atom. The molecule has 2 aromatic rings. The molecule has 1 amide bonds. The number of benzene rings is 1. The number of imidazole rings is 1. The van der Waals surface area contributed by atoms with Gasteiger partial charge >= 0.3 is 0 Å². The van der Waals surface area contributed by atoms with E-state index in [-0.39, 0.29) is 12.0 Å². The van der Waals surface area contributed by atoms with Crippen LogP contribution in [0.1, 0.15) is 54.5 Å². The lowest BCUT2D eigenvalue weighted by molar-refractivity contribution is 0.0879. The number of aromatic amines is 1. The minimum absolute atomic E-state index is 0.0609. The first-order valence-electron chi connectivity index (χ1n) is 11.5. The van der Waals surface area contributed by atoms with E-state index in [0.29, 0.717) is 30.2 Å². The van der Waals surface area contributed by atoms with Gasteiger partial charge in [-0.05, 0) is 31.4 Å². The normalized spacial score (nSPS) is 15.0. The van der Waals surface area contributed by atoms with Gasteiger partial charge in [0.25, 0.3) is 5.91 Å². The van der Waals surface area contributed by atoms with E-state index in [2.05, 4.69) is 27.1 Å². The third-order valence-corrected chi connectivity index (χ3v) is 5.70. The van der Waals surface area contributed by atoms with Gasteiger partial charge < -0.3 is 24.5 Å². The highest BCUT2D eigenvalue weighted by Gasteiger charge is 2.23. The highest BCUT2D eigenvalue weighted by Crippen LogP contribution is 2.28. The lowest BCUT2D eigenvalue weighted by Gasteiger charge is -2.32. The molecule has 2 N–H and O–H groups in total. The van der Waals surface area contributed by atoms with E-state index < -0.39 is 0 Å². The van der Waals surface area contributed by atoms with E-state index in [1.807, 2.05) is 6.20 Å². The largest absolute Gasteiger partial charge is 0.497 e. The lowest BCUT2D eigenvalue weighted by atomic mass is 10.1. The van der Waals surface area contributed by atoms with Crippen molar-refractivity contribution in [1.29, 1.82) is 0 Å². The van der Waals surface area contributed by atoms with Crippen LogP contribution in [0.4, 0.5) is 0 Å². The summed E-state index contributed by atoms with van der Waals surface area (Å²) in [5.74, 6) is 2.14. The first-order chi connectivity index (χ1) is 15.6. The summed E-state index contributed by atoms with van der Waals surface area (Å²) in [5, 5.41) is 2.86. The van der Waals surface area contributed by atoms with Crippen molar-refractivity contribution in [3.63, 3.8) is 0 Å². The highest BCUT2D eigenvalue weighted by molar-refractivity contribution is 5.97. The number of unbranched alkanes of at least 4 members (excludes halogenated alkanes) is 1. The maximum absolute atomic E-state index is 12.6. The number of aromatic nitrogens is 2. The van der Waals surface area contributed by atoms with Crippen molar-refractivity contribution < 1.29 is 19.0 Å². The number of carbonyl (C=O) groups excluding carboxylic acids is 1. The van der Waals surface area contributed by atoms with Crippen LogP contribution in [0, 0.1) is 0 Å². The number of nitrogens with zero attached hydrogens (tertiary/aromatic N) is 2. The molecule has 8 nitrogen and oxygen atoms in total. The summed E-state index contributed by atoms with van der Waals surface area (Å²) < 4.78 is 16.6. The average molecular weight is 445 g/mol. The minimum atomic E-state index is -0.171. The van der Waals surface area contributed by atoms with Gasteiger partial charge in [0.1, 0.15) is 23.4 Å². The molecule has 1 saturated heterocycles. The molecule has 0 atom stereocenters. The van der Waals surface area contributed by atoms with Crippen LogP contribution in [0.5, 0.6) is 11.5 Å². The number of hydrogen-bond acceptors (Lipinski definition) is 6. The molecule has 176 valence electrons. The molecule has 0 spiro atoms. The Hall–Kier alpha value is -2.58. The van der Waals surface area contributed by atoms with Crippen LogP contribution >= 0.6 is 0 Å². The van der Waals surface area contributed by atoms with E-state index in [0.717, 1.165) is 51.1 Å². The number of rotatable bonds is 12. The second kappa shape index (κ2) is 12.5. The third kappa shape index (κ3) is 6.97. The Balaban J connectivity index is 1.54. The molecule has 1 fully saturated rings. The number of ether oxygens (including phenoxy) is 3. The third-order valence-electron chi connectivity index (χ3n) is 5.70. The zero-order valence-electron chi connectivity index (χ0n) is 19.5. The monoisotopic (exact) mass is 444 g/mol. The SMILES string of the molecule is CCCCc1ncc(CN2CCC(Oc3cc(OC)ccc3C(=O)NCCOC)CC2)[nH]1. The first kappa shape index (κ1) is 24.1. The maximum Gasteiger partial charge on any atom is 0.255 e. The smallest absolute Gasteiger partial charge is 0.255 e. The fraction of sp³-hybridized carbons (Fsp3) is 0.583. The molecule has 0 bridgehead atoms. The molecule has 0 aliphatic carbocycles. The molecule has 2 heterocycles. The van der Waals surface area contributed by atoms with Gasteiger partial charge in [0.2, 0.25) is 0 Å². The van der Waals surface area contributed by atoms with E-state index in [9.17, 15) is 4.79 Å². The molecule has 1 aliphatic rings. The Morgan fingerprint density at radius 3 is 2.81 bits per heavy atom. The molecule has 3 rings (SSSR count). The van der Waals surface area contributed by atoms with Gasteiger partial charge in [0.15, 0.2) is 0 Å². The number of methoxy groups -OCH3 is 2. The van der Waals surface area contributed by atoms with Crippen molar-refractivity contribution in [1.82, 2.24) is 20.2 Å². The van der Waals surface area contributed by atoms with Crippen molar-refractivity contribution in [2.75, 3.05) is 40.5 Å². The van der Waals surface area contributed by atoms with Gasteiger partial charge in [-0.1, -0.05) is 13.3 Å². The molecular weight excluding hydrogens is 408 g/mol. The number of piperidine rings is 1. The van der Waals surface area contributed by atoms with E-state index in [1.165, 1.54) is 12.1 Å². The highest BCUT2D eigenvalue weighted by atomic mass is 16.5. The lowest BCUT2D eigenvalue weighted by Crippen LogP contribution is -2.38. The maximum atomic E-state index is 12.6. The molecular formula is C24H36N4O4. The van der Waals surface area contributed by atoms with Crippen LogP contribution in [0.15, 0.2) is 24.4 Å². The average Bonchev–Trinajstić information content (AvgIpc) is 3.26. The van der Waals surface area contributed by atoms with Crippen LogP contribution in [0.3, 0.4) is 0 Å². The summed E-state index contributed by atoms with van der Waals surface area (Å²) in [7, 11) is 3.22. The summed E-state index contributed by atoms with van der Waals surface area (Å²) in [5.41, 5.74) is 1.68. The number of amides is 1. The number of hydrogen-bond donors (Lipinski definition) is 2.